The Hall–Kier alpha value is -1.75. The lowest BCUT2D eigenvalue weighted by Gasteiger charge is -2.26. The molecule has 1 rings (SSSR count). The second-order valence-corrected chi connectivity index (χ2v) is 4.58. The summed E-state index contributed by atoms with van der Waals surface area (Å²) in [5.74, 6) is 0.875. The largest absolute Gasteiger partial charge is 0.494 e. The lowest BCUT2D eigenvalue weighted by molar-refractivity contribution is -0.157. The SMILES string of the molecule is CC[C@@](C)(Oc1ccc(OCCCO)cc1)C(=O)OC. The van der Waals surface area contributed by atoms with Crippen molar-refractivity contribution in [2.75, 3.05) is 20.3 Å². The molecule has 0 saturated heterocycles. The third-order valence-corrected chi connectivity index (χ3v) is 3.03. The predicted octanol–water partition coefficient (Wildman–Crippen LogP) is 2.17. The molecular formula is C15H22O5. The Bertz CT molecular complexity index is 415. The number of esters is 1. The van der Waals surface area contributed by atoms with Gasteiger partial charge in [0.1, 0.15) is 11.5 Å². The summed E-state index contributed by atoms with van der Waals surface area (Å²) in [6, 6.07) is 7.01. The van der Waals surface area contributed by atoms with Crippen LogP contribution in [0.2, 0.25) is 0 Å². The Morgan fingerprint density at radius 1 is 1.25 bits per heavy atom. The number of aliphatic hydroxyl groups excluding tert-OH is 1. The van der Waals surface area contributed by atoms with E-state index in [0.29, 0.717) is 30.9 Å². The number of hydrogen-bond acceptors (Lipinski definition) is 5. The van der Waals surface area contributed by atoms with Gasteiger partial charge < -0.3 is 19.3 Å². The highest BCUT2D eigenvalue weighted by Gasteiger charge is 2.34. The number of aliphatic hydroxyl groups is 1. The van der Waals surface area contributed by atoms with Crippen molar-refractivity contribution >= 4 is 5.97 Å². The number of hydrogen-bond donors (Lipinski definition) is 1. The zero-order valence-corrected chi connectivity index (χ0v) is 12.2. The molecular weight excluding hydrogens is 260 g/mol. The fraction of sp³-hybridized carbons (Fsp3) is 0.533. The molecule has 1 N–H and O–H groups in total. The Labute approximate surface area is 119 Å². The maximum atomic E-state index is 11.7. The number of rotatable bonds is 8. The normalized spacial score (nSPS) is 13.4. The maximum Gasteiger partial charge on any atom is 0.349 e. The monoisotopic (exact) mass is 282 g/mol. The molecule has 0 amide bonds. The van der Waals surface area contributed by atoms with Gasteiger partial charge in [0.2, 0.25) is 5.60 Å². The van der Waals surface area contributed by atoms with E-state index >= 15 is 0 Å². The van der Waals surface area contributed by atoms with Crippen molar-refractivity contribution in [3.05, 3.63) is 24.3 Å². The minimum absolute atomic E-state index is 0.106. The van der Waals surface area contributed by atoms with Gasteiger partial charge in [0.05, 0.1) is 13.7 Å². The molecule has 1 atom stereocenters. The molecule has 0 bridgehead atoms. The second-order valence-electron chi connectivity index (χ2n) is 4.58. The summed E-state index contributed by atoms with van der Waals surface area (Å²) in [5, 5.41) is 8.67. The van der Waals surface area contributed by atoms with Crippen LogP contribution in [0.3, 0.4) is 0 Å². The summed E-state index contributed by atoms with van der Waals surface area (Å²) in [7, 11) is 1.34. The van der Waals surface area contributed by atoms with Crippen molar-refractivity contribution in [3.63, 3.8) is 0 Å². The molecule has 1 aromatic carbocycles. The second kappa shape index (κ2) is 7.75. The van der Waals surface area contributed by atoms with Crippen molar-refractivity contribution in [1.82, 2.24) is 0 Å². The minimum Gasteiger partial charge on any atom is -0.494 e. The Morgan fingerprint density at radius 3 is 2.35 bits per heavy atom. The maximum absolute atomic E-state index is 11.7. The van der Waals surface area contributed by atoms with E-state index in [1.807, 2.05) is 6.92 Å². The van der Waals surface area contributed by atoms with Gasteiger partial charge in [0, 0.05) is 13.0 Å². The van der Waals surface area contributed by atoms with Crippen LogP contribution in [0.15, 0.2) is 24.3 Å². The summed E-state index contributed by atoms with van der Waals surface area (Å²) in [5.41, 5.74) is -0.992. The van der Waals surface area contributed by atoms with Crippen LogP contribution in [0.4, 0.5) is 0 Å². The predicted molar refractivity (Wildman–Crippen MR) is 75.0 cm³/mol. The molecule has 0 saturated carbocycles. The molecule has 0 aliphatic carbocycles. The fourth-order valence-corrected chi connectivity index (χ4v) is 1.59. The van der Waals surface area contributed by atoms with E-state index in [1.165, 1.54) is 7.11 Å². The molecule has 0 aliphatic rings. The first kappa shape index (κ1) is 16.3. The first-order valence-corrected chi connectivity index (χ1v) is 6.67. The van der Waals surface area contributed by atoms with Crippen molar-refractivity contribution < 1.29 is 24.1 Å². The number of ether oxygens (including phenoxy) is 3. The smallest absolute Gasteiger partial charge is 0.349 e. The van der Waals surface area contributed by atoms with Gasteiger partial charge in [-0.25, -0.2) is 4.79 Å². The average molecular weight is 282 g/mol. The van der Waals surface area contributed by atoms with E-state index in [1.54, 1.807) is 31.2 Å². The summed E-state index contributed by atoms with van der Waals surface area (Å²) in [4.78, 5) is 11.7. The highest BCUT2D eigenvalue weighted by Crippen LogP contribution is 2.24. The molecule has 1 aromatic rings. The Morgan fingerprint density at radius 2 is 1.85 bits per heavy atom. The van der Waals surface area contributed by atoms with Crippen LogP contribution >= 0.6 is 0 Å². The molecule has 0 spiro atoms. The molecule has 5 nitrogen and oxygen atoms in total. The van der Waals surface area contributed by atoms with Gasteiger partial charge >= 0.3 is 5.97 Å². The summed E-state index contributed by atoms with van der Waals surface area (Å²) in [6.07, 6.45) is 1.10. The van der Waals surface area contributed by atoms with Gasteiger partial charge in [-0.05, 0) is 37.6 Å². The zero-order chi connectivity index (χ0) is 15.0. The quantitative estimate of drug-likeness (QED) is 0.584. The minimum atomic E-state index is -0.992. The third-order valence-electron chi connectivity index (χ3n) is 3.03. The number of carbonyl (C=O) groups excluding carboxylic acids is 1. The van der Waals surface area contributed by atoms with Gasteiger partial charge in [0.15, 0.2) is 0 Å². The van der Waals surface area contributed by atoms with Gasteiger partial charge in [-0.2, -0.15) is 0 Å². The van der Waals surface area contributed by atoms with Gasteiger partial charge in [0.25, 0.3) is 0 Å². The van der Waals surface area contributed by atoms with Crippen molar-refractivity contribution in [2.24, 2.45) is 0 Å². The molecule has 0 radical (unpaired) electrons. The Kier molecular flexibility index (Phi) is 6.31. The average Bonchev–Trinajstić information content (AvgIpc) is 2.48. The van der Waals surface area contributed by atoms with Crippen molar-refractivity contribution in [3.8, 4) is 11.5 Å². The van der Waals surface area contributed by atoms with E-state index < -0.39 is 11.6 Å². The van der Waals surface area contributed by atoms with Crippen LogP contribution in [0.25, 0.3) is 0 Å². The standard InChI is InChI=1S/C15H22O5/c1-4-15(2,14(17)18-3)20-13-8-6-12(7-9-13)19-11-5-10-16/h6-9,16H,4-5,10-11H2,1-3H3/t15-/m1/s1. The summed E-state index contributed by atoms with van der Waals surface area (Å²) < 4.78 is 15.9. The number of methoxy groups -OCH3 is 1. The number of benzene rings is 1. The first-order valence-electron chi connectivity index (χ1n) is 6.67. The highest BCUT2D eigenvalue weighted by molar-refractivity contribution is 5.79. The summed E-state index contributed by atoms with van der Waals surface area (Å²) in [6.45, 7) is 4.13. The van der Waals surface area contributed by atoms with E-state index in [4.69, 9.17) is 19.3 Å². The van der Waals surface area contributed by atoms with Crippen LogP contribution in [0.1, 0.15) is 26.7 Å². The fourth-order valence-electron chi connectivity index (χ4n) is 1.59. The molecule has 20 heavy (non-hydrogen) atoms. The summed E-state index contributed by atoms with van der Waals surface area (Å²) >= 11 is 0. The van der Waals surface area contributed by atoms with Gasteiger partial charge in [-0.15, -0.1) is 0 Å². The third kappa shape index (κ3) is 4.42. The number of carbonyl (C=O) groups is 1. The van der Waals surface area contributed by atoms with Crippen LogP contribution in [0.5, 0.6) is 11.5 Å². The van der Waals surface area contributed by atoms with E-state index in [2.05, 4.69) is 0 Å². The Balaban J connectivity index is 2.66. The molecule has 0 heterocycles. The van der Waals surface area contributed by atoms with E-state index in [-0.39, 0.29) is 6.61 Å². The zero-order valence-electron chi connectivity index (χ0n) is 12.2. The van der Waals surface area contributed by atoms with Crippen LogP contribution in [-0.4, -0.2) is 37.0 Å². The lowest BCUT2D eigenvalue weighted by atomic mass is 10.0. The van der Waals surface area contributed by atoms with Crippen molar-refractivity contribution in [1.29, 1.82) is 0 Å². The van der Waals surface area contributed by atoms with Gasteiger partial charge in [-0.3, -0.25) is 0 Å². The molecule has 5 heteroatoms. The first-order chi connectivity index (χ1) is 9.55. The molecule has 0 aromatic heterocycles. The van der Waals surface area contributed by atoms with Crippen molar-refractivity contribution in [2.45, 2.75) is 32.3 Å². The highest BCUT2D eigenvalue weighted by atomic mass is 16.6. The van der Waals surface area contributed by atoms with Crippen LogP contribution in [-0.2, 0) is 9.53 Å². The molecule has 0 aliphatic heterocycles. The van der Waals surface area contributed by atoms with E-state index in [9.17, 15) is 4.79 Å². The van der Waals surface area contributed by atoms with Gasteiger partial charge in [-0.1, -0.05) is 6.92 Å². The lowest BCUT2D eigenvalue weighted by Crippen LogP contribution is -2.41. The van der Waals surface area contributed by atoms with Crippen LogP contribution in [0, 0.1) is 0 Å². The topological polar surface area (TPSA) is 65.0 Å². The van der Waals surface area contributed by atoms with Crippen LogP contribution < -0.4 is 9.47 Å². The molecule has 112 valence electrons. The molecule has 0 fully saturated rings. The van der Waals surface area contributed by atoms with E-state index in [0.717, 1.165) is 0 Å². The molecule has 0 unspecified atom stereocenters.